The van der Waals surface area contributed by atoms with Crippen molar-refractivity contribution in [3.63, 3.8) is 0 Å². The molecule has 0 aliphatic carbocycles. The molecule has 4 heterocycles. The minimum atomic E-state index is -0.730. The highest BCUT2D eigenvalue weighted by molar-refractivity contribution is 5.92. The molecule has 4 aromatic heterocycles. The van der Waals surface area contributed by atoms with Crippen LogP contribution in [-0.2, 0) is 11.3 Å². The zero-order chi connectivity index (χ0) is 31.9. The molecule has 0 saturated carbocycles. The first kappa shape index (κ1) is 30.3. The van der Waals surface area contributed by atoms with Gasteiger partial charge in [-0.05, 0) is 37.3 Å². The van der Waals surface area contributed by atoms with Crippen molar-refractivity contribution in [2.24, 2.45) is 0 Å². The van der Waals surface area contributed by atoms with Crippen molar-refractivity contribution < 1.29 is 23.0 Å². The summed E-state index contributed by atoms with van der Waals surface area (Å²) in [5.41, 5.74) is 2.32. The first-order chi connectivity index (χ1) is 22.5. The molecule has 46 heavy (non-hydrogen) atoms. The van der Waals surface area contributed by atoms with Crippen LogP contribution in [0.15, 0.2) is 85.5 Å². The zero-order valence-electron chi connectivity index (χ0n) is 25.1. The van der Waals surface area contributed by atoms with Gasteiger partial charge in [0.2, 0.25) is 5.75 Å². The van der Waals surface area contributed by atoms with Gasteiger partial charge < -0.3 is 24.8 Å². The van der Waals surface area contributed by atoms with E-state index in [4.69, 9.17) is 29.3 Å². The third-order valence-corrected chi connectivity index (χ3v) is 6.89. The lowest BCUT2D eigenvalue weighted by atomic mass is 10.1. The van der Waals surface area contributed by atoms with Crippen LogP contribution in [0.2, 0.25) is 0 Å². The maximum atomic E-state index is 15.1. The Kier molecular flexibility index (Phi) is 9.20. The summed E-state index contributed by atoms with van der Waals surface area (Å²) in [6.07, 6.45) is 6.61. The van der Waals surface area contributed by atoms with Gasteiger partial charge in [0.15, 0.2) is 17.5 Å². The van der Waals surface area contributed by atoms with Gasteiger partial charge in [-0.25, -0.2) is 18.7 Å². The standard InChI is InChI=1S/C33H30F2N8O3/c1-3-45-23-18-26(34)25(27(35)19-23)20-43-28-7-5-4-6-24(28)29(42-43)31-40-32(38-21-8-12-36-13-9-21)30(46-17-16-44-2)33(41-31)39-22-10-14-37-15-11-22/h4-15,18-19H,3,16-17,20H2,1-2H3,(H2,36,37,38,39,40,41). The van der Waals surface area contributed by atoms with Crippen LogP contribution in [0.25, 0.3) is 22.4 Å². The number of rotatable bonds is 13. The van der Waals surface area contributed by atoms with Crippen LogP contribution in [0.3, 0.4) is 0 Å². The van der Waals surface area contributed by atoms with Gasteiger partial charge in [-0.2, -0.15) is 5.10 Å². The lowest BCUT2D eigenvalue weighted by Crippen LogP contribution is -2.11. The molecule has 234 valence electrons. The summed E-state index contributed by atoms with van der Waals surface area (Å²) >= 11 is 0. The topological polar surface area (TPSA) is 121 Å². The predicted octanol–water partition coefficient (Wildman–Crippen LogP) is 6.52. The number of hydrogen-bond acceptors (Lipinski definition) is 10. The van der Waals surface area contributed by atoms with Gasteiger partial charge >= 0.3 is 0 Å². The van der Waals surface area contributed by atoms with Gasteiger partial charge in [-0.3, -0.25) is 14.6 Å². The summed E-state index contributed by atoms with van der Waals surface area (Å²) in [5, 5.41) is 12.1. The normalized spacial score (nSPS) is 11.0. The molecule has 0 amide bonds. The Bertz CT molecular complexity index is 1860. The van der Waals surface area contributed by atoms with Crippen molar-refractivity contribution in [3.8, 4) is 23.0 Å². The van der Waals surface area contributed by atoms with E-state index in [0.29, 0.717) is 52.0 Å². The molecule has 6 aromatic rings. The Morgan fingerprint density at radius 3 is 1.98 bits per heavy atom. The molecule has 0 aliphatic heterocycles. The van der Waals surface area contributed by atoms with Crippen LogP contribution in [0, 0.1) is 11.6 Å². The average molecular weight is 625 g/mol. The monoisotopic (exact) mass is 624 g/mol. The van der Waals surface area contributed by atoms with Gasteiger partial charge in [0.05, 0.1) is 25.3 Å². The number of ether oxygens (including phenoxy) is 3. The lowest BCUT2D eigenvalue weighted by molar-refractivity contribution is 0.147. The minimum Gasteiger partial charge on any atom is -0.494 e. The van der Waals surface area contributed by atoms with Crippen molar-refractivity contribution in [2.75, 3.05) is 37.6 Å². The molecule has 0 unspecified atom stereocenters. The SMILES string of the molecule is CCOc1cc(F)c(Cn2nc(-c3nc(Nc4ccncc4)c(OCCOC)c(Nc4ccncc4)n3)c3ccccc32)c(F)c1. The summed E-state index contributed by atoms with van der Waals surface area (Å²) < 4.78 is 48.4. The number of benzene rings is 2. The number of para-hydroxylation sites is 1. The molecule has 2 N–H and O–H groups in total. The smallest absolute Gasteiger partial charge is 0.205 e. The van der Waals surface area contributed by atoms with Crippen LogP contribution < -0.4 is 20.1 Å². The van der Waals surface area contributed by atoms with E-state index >= 15 is 8.78 Å². The minimum absolute atomic E-state index is 0.122. The highest BCUT2D eigenvalue weighted by Crippen LogP contribution is 2.38. The molecule has 0 aliphatic rings. The Labute approximate surface area is 263 Å². The Morgan fingerprint density at radius 1 is 0.783 bits per heavy atom. The maximum absolute atomic E-state index is 15.1. The highest BCUT2D eigenvalue weighted by Gasteiger charge is 2.23. The third-order valence-electron chi connectivity index (χ3n) is 6.89. The van der Waals surface area contributed by atoms with E-state index in [1.165, 1.54) is 16.8 Å². The molecule has 11 nitrogen and oxygen atoms in total. The van der Waals surface area contributed by atoms with Crippen LogP contribution >= 0.6 is 0 Å². The van der Waals surface area contributed by atoms with Crippen LogP contribution in [-0.4, -0.2) is 56.6 Å². The molecule has 13 heteroatoms. The van der Waals surface area contributed by atoms with Crippen molar-refractivity contribution in [3.05, 3.63) is 103 Å². The zero-order valence-corrected chi connectivity index (χ0v) is 25.1. The van der Waals surface area contributed by atoms with Crippen molar-refractivity contribution in [2.45, 2.75) is 13.5 Å². The van der Waals surface area contributed by atoms with Gasteiger partial charge in [0.25, 0.3) is 0 Å². The number of halogens is 2. The van der Waals surface area contributed by atoms with E-state index in [0.717, 1.165) is 0 Å². The van der Waals surface area contributed by atoms with E-state index in [-0.39, 0.29) is 36.9 Å². The van der Waals surface area contributed by atoms with Gasteiger partial charge in [-0.1, -0.05) is 18.2 Å². The summed E-state index contributed by atoms with van der Waals surface area (Å²) in [6, 6.07) is 16.9. The van der Waals surface area contributed by atoms with Crippen molar-refractivity contribution >= 4 is 33.9 Å². The summed E-state index contributed by atoms with van der Waals surface area (Å²) in [4.78, 5) is 17.9. The first-order valence-corrected chi connectivity index (χ1v) is 14.5. The lowest BCUT2D eigenvalue weighted by Gasteiger charge is -2.17. The largest absolute Gasteiger partial charge is 0.494 e. The number of anilines is 4. The van der Waals surface area contributed by atoms with Gasteiger partial charge in [-0.15, -0.1) is 0 Å². The fraction of sp³-hybridized carbons (Fsp3) is 0.182. The third kappa shape index (κ3) is 6.69. The van der Waals surface area contributed by atoms with E-state index < -0.39 is 11.6 Å². The predicted molar refractivity (Wildman–Crippen MR) is 170 cm³/mol. The van der Waals surface area contributed by atoms with Crippen LogP contribution in [0.4, 0.5) is 31.8 Å². The molecule has 0 radical (unpaired) electrons. The fourth-order valence-electron chi connectivity index (χ4n) is 4.78. The average Bonchev–Trinajstić information content (AvgIpc) is 3.43. The van der Waals surface area contributed by atoms with Crippen LogP contribution in [0.5, 0.6) is 11.5 Å². The number of nitrogens with one attached hydrogen (secondary N) is 2. The first-order valence-electron chi connectivity index (χ1n) is 14.5. The molecule has 0 bridgehead atoms. The molecule has 0 fully saturated rings. The van der Waals surface area contributed by atoms with Crippen LogP contribution in [0.1, 0.15) is 12.5 Å². The van der Waals surface area contributed by atoms with E-state index in [1.54, 1.807) is 63.1 Å². The van der Waals surface area contributed by atoms with Crippen molar-refractivity contribution in [1.29, 1.82) is 0 Å². The quantitative estimate of drug-likeness (QED) is 0.137. The molecule has 6 rings (SSSR count). The highest BCUT2D eigenvalue weighted by atomic mass is 19.1. The summed E-state index contributed by atoms with van der Waals surface area (Å²) in [7, 11) is 1.59. The Balaban J connectivity index is 1.49. The molecule has 0 saturated heterocycles. The molecular formula is C33H30F2N8O3. The second kappa shape index (κ2) is 13.9. The summed E-state index contributed by atoms with van der Waals surface area (Å²) in [5.74, 6) is -0.0438. The Morgan fingerprint density at radius 2 is 1.39 bits per heavy atom. The van der Waals surface area contributed by atoms with Crippen molar-refractivity contribution in [1.82, 2.24) is 29.7 Å². The molecule has 2 aromatic carbocycles. The number of pyridine rings is 2. The van der Waals surface area contributed by atoms with E-state index in [2.05, 4.69) is 20.6 Å². The second-order valence-corrected chi connectivity index (χ2v) is 9.96. The number of nitrogens with zero attached hydrogens (tertiary/aromatic N) is 6. The van der Waals surface area contributed by atoms with E-state index in [1.807, 2.05) is 24.3 Å². The van der Waals surface area contributed by atoms with Gasteiger partial charge in [0, 0.05) is 66.4 Å². The fourth-order valence-corrected chi connectivity index (χ4v) is 4.78. The number of hydrogen-bond donors (Lipinski definition) is 2. The molecule has 0 atom stereocenters. The maximum Gasteiger partial charge on any atom is 0.205 e. The molecule has 0 spiro atoms. The molecular weight excluding hydrogens is 594 g/mol. The number of aromatic nitrogens is 6. The number of fused-ring (bicyclic) bond motifs is 1. The van der Waals surface area contributed by atoms with E-state index in [9.17, 15) is 0 Å². The summed E-state index contributed by atoms with van der Waals surface area (Å²) in [6.45, 7) is 2.42. The second-order valence-electron chi connectivity index (χ2n) is 9.96. The number of methoxy groups -OCH3 is 1. The van der Waals surface area contributed by atoms with Gasteiger partial charge in [0.1, 0.15) is 29.7 Å². The Hall–Kier alpha value is -5.69.